The topological polar surface area (TPSA) is 219 Å². The molecular weight excluding hydrogens is 899 g/mol. The zero-order valence-corrected chi connectivity index (χ0v) is 42.8. The summed E-state index contributed by atoms with van der Waals surface area (Å²) in [7, 11) is 4.60. The minimum atomic E-state index is -2.44. The number of hydrogen-bond acceptors (Lipinski definition) is 15. The van der Waals surface area contributed by atoms with Gasteiger partial charge in [-0.15, -0.1) is 11.7 Å². The van der Waals surface area contributed by atoms with Gasteiger partial charge in [-0.3, -0.25) is 19.2 Å². The zero-order valence-electron chi connectivity index (χ0n) is 42.8. The highest BCUT2D eigenvalue weighted by Gasteiger charge is 2.53. The molecule has 17 nitrogen and oxygen atoms in total. The van der Waals surface area contributed by atoms with Crippen LogP contribution >= 0.6 is 0 Å². The third-order valence-electron chi connectivity index (χ3n) is 15.3. The lowest BCUT2D eigenvalue weighted by molar-refractivity contribution is -0.265. The van der Waals surface area contributed by atoms with Crippen molar-refractivity contribution in [3.8, 4) is 0 Å². The van der Waals surface area contributed by atoms with Gasteiger partial charge >= 0.3 is 5.97 Å². The molecule has 15 atom stereocenters. The van der Waals surface area contributed by atoms with Crippen molar-refractivity contribution in [3.63, 3.8) is 0 Å². The second-order valence-electron chi connectivity index (χ2n) is 20.3. The number of hydrogen-bond donors (Lipinski definition) is 2. The number of aliphatic hydroxyl groups excluding tert-OH is 1. The maximum atomic E-state index is 14.5. The van der Waals surface area contributed by atoms with Crippen LogP contribution in [0.4, 0.5) is 0 Å². The first kappa shape index (κ1) is 56.4. The highest BCUT2D eigenvalue weighted by Crippen LogP contribution is 2.39. The van der Waals surface area contributed by atoms with Crippen molar-refractivity contribution in [1.29, 1.82) is 0 Å². The fourth-order valence-electron chi connectivity index (χ4n) is 10.7. The summed E-state index contributed by atoms with van der Waals surface area (Å²) in [6.07, 6.45) is 15.2. The van der Waals surface area contributed by atoms with Crippen LogP contribution in [0, 0.1) is 35.5 Å². The van der Waals surface area contributed by atoms with E-state index in [4.69, 9.17) is 23.7 Å². The summed E-state index contributed by atoms with van der Waals surface area (Å²) in [5, 5.41) is 35.2. The Bertz CT molecular complexity index is 2070. The third kappa shape index (κ3) is 14.1. The lowest BCUT2D eigenvalue weighted by atomic mass is 9.77. The second kappa shape index (κ2) is 26.3. The Kier molecular flexibility index (Phi) is 21.2. The van der Waals surface area contributed by atoms with Crippen LogP contribution in [0.25, 0.3) is 0 Å². The molecule has 0 unspecified atom stereocenters. The van der Waals surface area contributed by atoms with E-state index in [1.165, 1.54) is 12.0 Å². The van der Waals surface area contributed by atoms with Crippen LogP contribution in [0.5, 0.6) is 0 Å². The van der Waals surface area contributed by atoms with E-state index in [0.717, 1.165) is 18.4 Å². The molecule has 3 aliphatic heterocycles. The first-order chi connectivity index (χ1) is 33.4. The summed E-state index contributed by atoms with van der Waals surface area (Å²) in [5.41, 5.74) is 1.24. The second-order valence-corrected chi connectivity index (χ2v) is 20.3. The quantitative estimate of drug-likeness (QED) is 0.168. The molecule has 2 bridgehead atoms. The molecule has 1 amide bonds. The number of allylic oxidation sites excluding steroid dienone is 7. The van der Waals surface area contributed by atoms with Crippen molar-refractivity contribution in [3.05, 3.63) is 66.6 Å². The summed E-state index contributed by atoms with van der Waals surface area (Å²) < 4.78 is 31.6. The molecule has 388 valence electrons. The average molecular weight is 978 g/mol. The monoisotopic (exact) mass is 978 g/mol. The molecule has 1 aromatic heterocycles. The normalized spacial score (nSPS) is 38.3. The van der Waals surface area contributed by atoms with Crippen molar-refractivity contribution >= 4 is 29.2 Å². The number of rotatable bonds is 8. The van der Waals surface area contributed by atoms with Gasteiger partial charge in [0.25, 0.3) is 11.7 Å². The lowest BCUT2D eigenvalue weighted by Gasteiger charge is -2.42. The van der Waals surface area contributed by atoms with E-state index in [2.05, 4.69) is 22.1 Å². The molecule has 1 saturated carbocycles. The van der Waals surface area contributed by atoms with Crippen LogP contribution in [0.3, 0.4) is 0 Å². The summed E-state index contributed by atoms with van der Waals surface area (Å²) in [5.74, 6) is -8.28. The Morgan fingerprint density at radius 3 is 2.36 bits per heavy atom. The van der Waals surface area contributed by atoms with Crippen molar-refractivity contribution in [2.45, 2.75) is 173 Å². The van der Waals surface area contributed by atoms with Gasteiger partial charge in [-0.05, 0) is 117 Å². The van der Waals surface area contributed by atoms with Gasteiger partial charge < -0.3 is 38.8 Å². The molecule has 4 aliphatic rings. The minimum Gasteiger partial charge on any atom is -0.460 e. The SMILES string of the molecule is C=C[C@@H]1/C=C/C=C/C=C(\C)[C@@H](OC)C[C@@H]2CC[C@@H](C)[C@@](O)(O2)C(=O)C(=O)N2CCCC[C@H]2C(=O)O[C@H]([C@H](C)C[C@@H]2CC[C@H](n3cnnn3)[C@H](OC)C2)CC(=O)[C@H](C)/C=C(\C)[C@@H](O)[C@@H](OC)C(=O)[C@H](C)C1. The van der Waals surface area contributed by atoms with E-state index in [-0.39, 0.29) is 60.9 Å². The van der Waals surface area contributed by atoms with E-state index >= 15 is 0 Å². The Balaban J connectivity index is 1.47. The Morgan fingerprint density at radius 2 is 1.69 bits per heavy atom. The predicted octanol–water partition coefficient (Wildman–Crippen LogP) is 6.21. The number of carbonyl (C=O) groups is 5. The molecule has 1 aliphatic carbocycles. The first-order valence-corrected chi connectivity index (χ1v) is 25.2. The Hall–Kier alpha value is -4.52. The molecule has 2 N–H and O–H groups in total. The summed E-state index contributed by atoms with van der Waals surface area (Å²) in [6, 6.07) is -1.20. The summed E-state index contributed by atoms with van der Waals surface area (Å²) in [4.78, 5) is 72.5. The molecule has 3 fully saturated rings. The first-order valence-electron chi connectivity index (χ1n) is 25.2. The van der Waals surface area contributed by atoms with Gasteiger partial charge in [0.2, 0.25) is 5.79 Å². The van der Waals surface area contributed by atoms with E-state index in [0.29, 0.717) is 56.9 Å². The number of carbonyl (C=O) groups excluding carboxylic acids is 5. The number of tetrazole rings is 1. The van der Waals surface area contributed by atoms with Gasteiger partial charge in [0, 0.05) is 58.5 Å². The smallest absolute Gasteiger partial charge is 0.329 e. The number of ether oxygens (including phenoxy) is 5. The number of aliphatic hydroxyl groups is 2. The molecule has 70 heavy (non-hydrogen) atoms. The molecular formula is C53H79N5O12. The van der Waals surface area contributed by atoms with E-state index in [1.54, 1.807) is 65.1 Å². The molecule has 1 aromatic rings. The average Bonchev–Trinajstić information content (AvgIpc) is 3.90. The molecule has 0 spiro atoms. The summed E-state index contributed by atoms with van der Waals surface area (Å²) >= 11 is 0. The summed E-state index contributed by atoms with van der Waals surface area (Å²) in [6.45, 7) is 14.7. The van der Waals surface area contributed by atoms with Crippen LogP contribution in [-0.4, -0.2) is 141 Å². The van der Waals surface area contributed by atoms with Crippen LogP contribution in [-0.2, 0) is 47.7 Å². The lowest BCUT2D eigenvalue weighted by Crippen LogP contribution is -2.61. The van der Waals surface area contributed by atoms with E-state index in [1.807, 2.05) is 44.2 Å². The Labute approximate surface area is 414 Å². The van der Waals surface area contributed by atoms with Crippen molar-refractivity contribution in [2.24, 2.45) is 35.5 Å². The number of cyclic esters (lactones) is 1. The number of ketones is 3. The fourth-order valence-corrected chi connectivity index (χ4v) is 10.7. The number of fused-ring (bicyclic) bond motifs is 3. The van der Waals surface area contributed by atoms with Crippen LogP contribution in [0.1, 0.15) is 125 Å². The minimum absolute atomic E-state index is 0.0559. The zero-order chi connectivity index (χ0) is 51.3. The van der Waals surface area contributed by atoms with Crippen molar-refractivity contribution < 1.29 is 57.9 Å². The molecule has 0 aromatic carbocycles. The van der Waals surface area contributed by atoms with E-state index in [9.17, 15) is 34.2 Å². The van der Waals surface area contributed by atoms with E-state index < -0.39 is 77.8 Å². The number of amides is 1. The van der Waals surface area contributed by atoms with Crippen molar-refractivity contribution in [1.82, 2.24) is 25.1 Å². The van der Waals surface area contributed by atoms with Gasteiger partial charge in [0.05, 0.1) is 24.4 Å². The van der Waals surface area contributed by atoms with Gasteiger partial charge in [-0.1, -0.05) is 70.2 Å². The number of Topliss-reactive ketones (excluding diaryl/α,β-unsaturated/α-hetero) is 3. The third-order valence-corrected chi connectivity index (χ3v) is 15.3. The molecule has 5 rings (SSSR count). The van der Waals surface area contributed by atoms with Gasteiger partial charge in [0.15, 0.2) is 5.78 Å². The van der Waals surface area contributed by atoms with Gasteiger partial charge in [0.1, 0.15) is 36.5 Å². The highest BCUT2D eigenvalue weighted by molar-refractivity contribution is 6.39. The Morgan fingerprint density at radius 1 is 0.929 bits per heavy atom. The number of esters is 1. The fraction of sp³-hybridized carbons (Fsp3) is 0.698. The van der Waals surface area contributed by atoms with Crippen LogP contribution < -0.4 is 0 Å². The number of aromatic nitrogens is 4. The van der Waals surface area contributed by atoms with Gasteiger partial charge in [-0.2, -0.15) is 0 Å². The highest BCUT2D eigenvalue weighted by atomic mass is 16.6. The number of nitrogens with zero attached hydrogens (tertiary/aromatic N) is 5. The van der Waals surface area contributed by atoms with Gasteiger partial charge in [-0.25, -0.2) is 9.48 Å². The molecule has 4 heterocycles. The van der Waals surface area contributed by atoms with Crippen LogP contribution in [0.2, 0.25) is 0 Å². The maximum absolute atomic E-state index is 14.5. The molecule has 17 heteroatoms. The van der Waals surface area contributed by atoms with Crippen molar-refractivity contribution in [2.75, 3.05) is 27.9 Å². The maximum Gasteiger partial charge on any atom is 0.329 e. The standard InChI is InChI=1S/C53H79N5O12/c1-11-38-18-14-12-13-17-32(2)44(66-8)29-40-22-20-37(7)53(65,70-40)50(62)51(63)57-24-16-15-19-42(57)52(64)69-45(34(4)26-39-21-23-41(46(28-39)67-9)58-31-54-55-56-58)30-43(59)33(3)25-35(5)47(60)49(68-10)48(61)36(6)27-38/h11-14,17-18,25,31,33-34,36-42,44-47,49,60,65H,1,15-16,19-24,26-30H2,2-10H3/b13-12+,18-14+,32-17+,35-25+/t33-,34-,36-,37-,38-,39+,40+,41+,42+,44+,45+,46-,47-,49-,53-/m1/s1. The predicted molar refractivity (Wildman–Crippen MR) is 261 cm³/mol. The van der Waals surface area contributed by atoms with Crippen LogP contribution in [0.15, 0.2) is 66.6 Å². The largest absolute Gasteiger partial charge is 0.460 e. The molecule has 2 saturated heterocycles. The number of piperidine rings is 1. The number of methoxy groups -OCH3 is 3. The molecule has 0 radical (unpaired) electrons.